The number of alkyl halides is 3. The number of benzene rings is 2. The molecule has 1 atom stereocenters. The Labute approximate surface area is 193 Å². The lowest BCUT2D eigenvalue weighted by Crippen LogP contribution is -2.28. The molecule has 8 nitrogen and oxygen atoms in total. The van der Waals surface area contributed by atoms with Crippen LogP contribution in [-0.4, -0.2) is 41.9 Å². The molecule has 0 bridgehead atoms. The Morgan fingerprint density at radius 2 is 1.82 bits per heavy atom. The van der Waals surface area contributed by atoms with E-state index in [0.29, 0.717) is 13.1 Å². The van der Waals surface area contributed by atoms with Gasteiger partial charge in [-0.25, -0.2) is 13.2 Å². The van der Waals surface area contributed by atoms with Crippen LogP contribution in [0.3, 0.4) is 0 Å². The van der Waals surface area contributed by atoms with Gasteiger partial charge in [-0.15, -0.1) is 0 Å². The van der Waals surface area contributed by atoms with Crippen molar-refractivity contribution in [2.45, 2.75) is 36.9 Å². The maximum Gasteiger partial charge on any atom is 0.416 e. The second-order valence-electron chi connectivity index (χ2n) is 7.72. The van der Waals surface area contributed by atoms with E-state index in [2.05, 4.69) is 10.1 Å². The van der Waals surface area contributed by atoms with Gasteiger partial charge in [0.2, 0.25) is 15.8 Å². The van der Waals surface area contributed by atoms with Crippen LogP contribution in [0.1, 0.15) is 47.7 Å². The molecule has 1 aliphatic heterocycles. The van der Waals surface area contributed by atoms with Crippen LogP contribution >= 0.6 is 0 Å². The highest BCUT2D eigenvalue weighted by atomic mass is 32.2. The van der Waals surface area contributed by atoms with Gasteiger partial charge < -0.3 is 9.26 Å². The molecule has 0 spiro atoms. The highest BCUT2D eigenvalue weighted by molar-refractivity contribution is 7.89. The van der Waals surface area contributed by atoms with Gasteiger partial charge in [-0.1, -0.05) is 23.4 Å². The Kier molecular flexibility index (Phi) is 6.45. The van der Waals surface area contributed by atoms with Crippen molar-refractivity contribution in [1.82, 2.24) is 14.4 Å². The molecular weight excluding hydrogens is 475 g/mol. The van der Waals surface area contributed by atoms with E-state index in [0.717, 1.165) is 25.0 Å². The van der Waals surface area contributed by atoms with Crippen LogP contribution in [0.25, 0.3) is 11.4 Å². The summed E-state index contributed by atoms with van der Waals surface area (Å²) in [7, 11) is -3.71. The minimum absolute atomic E-state index is 0.0128. The molecule has 2 aromatic carbocycles. The molecule has 1 unspecified atom stereocenters. The number of esters is 1. The minimum atomic E-state index is -4.53. The molecule has 3 aromatic rings. The molecule has 0 radical (unpaired) electrons. The van der Waals surface area contributed by atoms with Gasteiger partial charge in [0.05, 0.1) is 16.0 Å². The van der Waals surface area contributed by atoms with Gasteiger partial charge in [0.15, 0.2) is 6.10 Å². The number of carbonyl (C=O) groups is 1. The first-order chi connectivity index (χ1) is 16.1. The van der Waals surface area contributed by atoms with Crippen molar-refractivity contribution in [3.8, 4) is 11.4 Å². The minimum Gasteiger partial charge on any atom is -0.449 e. The first kappa shape index (κ1) is 23.9. The van der Waals surface area contributed by atoms with E-state index in [1.165, 1.54) is 47.6 Å². The van der Waals surface area contributed by atoms with Gasteiger partial charge in [-0.05, 0) is 50.1 Å². The molecule has 0 saturated carbocycles. The van der Waals surface area contributed by atoms with E-state index >= 15 is 0 Å². The van der Waals surface area contributed by atoms with Crippen LogP contribution in [-0.2, 0) is 20.9 Å². The Hall–Kier alpha value is -3.25. The average Bonchev–Trinajstić information content (AvgIpc) is 3.51. The summed E-state index contributed by atoms with van der Waals surface area (Å²) < 4.78 is 76.1. The average molecular weight is 495 g/mol. The molecule has 180 valence electrons. The summed E-state index contributed by atoms with van der Waals surface area (Å²) in [4.78, 5) is 16.6. The maximum absolute atomic E-state index is 12.9. The molecular formula is C22H20F3N3O5S. The first-order valence-electron chi connectivity index (χ1n) is 10.4. The molecule has 1 aromatic heterocycles. The number of carbonyl (C=O) groups excluding carboxylic acids is 1. The lowest BCUT2D eigenvalue weighted by molar-refractivity contribution is -0.137. The van der Waals surface area contributed by atoms with Crippen molar-refractivity contribution >= 4 is 16.0 Å². The molecule has 2 heterocycles. The van der Waals surface area contributed by atoms with Gasteiger partial charge in [0, 0.05) is 18.7 Å². The Bertz CT molecular complexity index is 1300. The van der Waals surface area contributed by atoms with Crippen molar-refractivity contribution in [2.75, 3.05) is 13.1 Å². The summed E-state index contributed by atoms with van der Waals surface area (Å²) in [5.74, 6) is -1.03. The first-order valence-corrected chi connectivity index (χ1v) is 11.8. The zero-order chi connectivity index (χ0) is 24.5. The topological polar surface area (TPSA) is 103 Å². The van der Waals surface area contributed by atoms with Crippen LogP contribution in [0, 0.1) is 0 Å². The molecule has 1 saturated heterocycles. The van der Waals surface area contributed by atoms with E-state index in [1.807, 2.05) is 0 Å². The third kappa shape index (κ3) is 4.97. The lowest BCUT2D eigenvalue weighted by atomic mass is 10.1. The van der Waals surface area contributed by atoms with Gasteiger partial charge >= 0.3 is 12.1 Å². The van der Waals surface area contributed by atoms with Crippen molar-refractivity contribution in [2.24, 2.45) is 0 Å². The van der Waals surface area contributed by atoms with Crippen LogP contribution in [0.2, 0.25) is 0 Å². The normalized spacial score (nSPS) is 15.9. The summed E-state index contributed by atoms with van der Waals surface area (Å²) in [6.45, 7) is 2.31. The smallest absolute Gasteiger partial charge is 0.416 e. The number of nitrogens with zero attached hydrogens (tertiary/aromatic N) is 3. The molecule has 0 aliphatic carbocycles. The summed E-state index contributed by atoms with van der Waals surface area (Å²) >= 11 is 0. The maximum atomic E-state index is 12.9. The van der Waals surface area contributed by atoms with Gasteiger partial charge in [0.25, 0.3) is 5.89 Å². The predicted octanol–water partition coefficient (Wildman–Crippen LogP) is 4.46. The number of halogens is 3. The fraction of sp³-hybridized carbons (Fsp3) is 0.318. The quantitative estimate of drug-likeness (QED) is 0.465. The summed E-state index contributed by atoms with van der Waals surface area (Å²) in [5, 5.41) is 3.67. The Balaban J connectivity index is 1.49. The van der Waals surface area contributed by atoms with Crippen molar-refractivity contribution in [3.05, 3.63) is 65.5 Å². The van der Waals surface area contributed by atoms with Crippen molar-refractivity contribution in [3.63, 3.8) is 0 Å². The van der Waals surface area contributed by atoms with E-state index in [4.69, 9.17) is 9.26 Å². The lowest BCUT2D eigenvalue weighted by Gasteiger charge is -2.16. The number of rotatable bonds is 6. The van der Waals surface area contributed by atoms with Crippen LogP contribution < -0.4 is 0 Å². The fourth-order valence-corrected chi connectivity index (χ4v) is 5.06. The number of hydrogen-bond acceptors (Lipinski definition) is 7. The monoisotopic (exact) mass is 495 g/mol. The van der Waals surface area contributed by atoms with E-state index in [9.17, 15) is 26.4 Å². The van der Waals surface area contributed by atoms with Gasteiger partial charge in [-0.2, -0.15) is 22.5 Å². The van der Waals surface area contributed by atoms with Crippen LogP contribution in [0.5, 0.6) is 0 Å². The molecule has 4 rings (SSSR count). The number of ether oxygens (including phenoxy) is 1. The number of hydrogen-bond donors (Lipinski definition) is 0. The van der Waals surface area contributed by atoms with E-state index in [-0.39, 0.29) is 27.7 Å². The van der Waals surface area contributed by atoms with E-state index < -0.39 is 33.8 Å². The fourth-order valence-electron chi connectivity index (χ4n) is 3.49. The van der Waals surface area contributed by atoms with Gasteiger partial charge in [-0.3, -0.25) is 0 Å². The van der Waals surface area contributed by atoms with Crippen LogP contribution in [0.4, 0.5) is 13.2 Å². The predicted molar refractivity (Wildman–Crippen MR) is 113 cm³/mol. The second kappa shape index (κ2) is 9.18. The number of aromatic nitrogens is 2. The highest BCUT2D eigenvalue weighted by Crippen LogP contribution is 2.32. The molecule has 12 heteroatoms. The SMILES string of the molecule is CC(OC(=O)c1cccc(S(=O)(=O)N2CCCC2)c1)c1nc(-c2cccc(C(F)(F)F)c2)no1. The highest BCUT2D eigenvalue weighted by Gasteiger charge is 2.31. The third-order valence-corrected chi connectivity index (χ3v) is 7.19. The zero-order valence-electron chi connectivity index (χ0n) is 17.9. The zero-order valence-corrected chi connectivity index (χ0v) is 18.8. The van der Waals surface area contributed by atoms with Gasteiger partial charge in [0.1, 0.15) is 0 Å². The summed E-state index contributed by atoms with van der Waals surface area (Å²) in [6.07, 6.45) is -3.99. The number of sulfonamides is 1. The second-order valence-corrected chi connectivity index (χ2v) is 9.66. The largest absolute Gasteiger partial charge is 0.449 e. The molecule has 1 aliphatic rings. The third-order valence-electron chi connectivity index (χ3n) is 5.29. The molecule has 1 fully saturated rings. The van der Waals surface area contributed by atoms with E-state index in [1.54, 1.807) is 0 Å². The van der Waals surface area contributed by atoms with Crippen LogP contribution in [0.15, 0.2) is 57.9 Å². The van der Waals surface area contributed by atoms with Crippen molar-refractivity contribution in [1.29, 1.82) is 0 Å². The van der Waals surface area contributed by atoms with Crippen molar-refractivity contribution < 1.29 is 35.6 Å². The summed E-state index contributed by atoms with van der Waals surface area (Å²) in [5.41, 5.74) is -0.757. The molecule has 0 N–H and O–H groups in total. The Morgan fingerprint density at radius 1 is 1.12 bits per heavy atom. The standard InChI is InChI=1S/C22H20F3N3O5S/c1-14(20-26-19(27-33-20)15-6-4-8-17(12-15)22(23,24)25)32-21(29)16-7-5-9-18(13-16)34(30,31)28-10-2-3-11-28/h4-9,12-14H,2-3,10-11H2,1H3. The summed E-state index contributed by atoms with van der Waals surface area (Å²) in [6, 6.07) is 9.94. The molecule has 34 heavy (non-hydrogen) atoms. The Morgan fingerprint density at radius 3 is 2.53 bits per heavy atom. The molecule has 0 amide bonds.